The first-order valence-electron chi connectivity index (χ1n) is 3.49. The lowest BCUT2D eigenvalue weighted by Crippen LogP contribution is -2.02. The summed E-state index contributed by atoms with van der Waals surface area (Å²) in [6.45, 7) is 0. The van der Waals surface area contributed by atoms with E-state index in [9.17, 15) is 69.1 Å². The maximum atomic E-state index is 9.75. The summed E-state index contributed by atoms with van der Waals surface area (Å²) in [5, 5.41) is 0. The predicted octanol–water partition coefficient (Wildman–Crippen LogP) is 4.36. The molecule has 0 N–H and O–H groups in total. The van der Waals surface area contributed by atoms with Crippen LogP contribution in [0.5, 0.6) is 0 Å². The van der Waals surface area contributed by atoms with Crippen molar-refractivity contribution >= 4 is 68.6 Å². The van der Waals surface area contributed by atoms with Crippen LogP contribution in [0.3, 0.4) is 0 Å². The fourth-order valence-electron chi connectivity index (χ4n) is 0. The summed E-state index contributed by atoms with van der Waals surface area (Å²) in [6.07, 6.45) is 0. The normalized spacial score (nSPS) is 10.0. The van der Waals surface area contributed by atoms with Crippen molar-refractivity contribution in [3.05, 3.63) is 0 Å². The average molecular weight is 487 g/mol. The lowest BCUT2D eigenvalue weighted by atomic mass is 10.3. The van der Waals surface area contributed by atoms with Gasteiger partial charge in [-0.25, -0.2) is 0 Å². The van der Waals surface area contributed by atoms with Crippen molar-refractivity contribution in [3.8, 4) is 0 Å². The van der Waals surface area contributed by atoms with Crippen molar-refractivity contribution in [2.24, 2.45) is 0 Å². The first kappa shape index (κ1) is 49.8. The molecule has 0 aliphatic heterocycles. The van der Waals surface area contributed by atoms with E-state index in [-0.39, 0.29) is 39.6 Å². The lowest BCUT2D eigenvalue weighted by molar-refractivity contribution is 0.366. The highest BCUT2D eigenvalue weighted by Crippen LogP contribution is 2.08. The monoisotopic (exact) mass is 488 g/mol. The van der Waals surface area contributed by atoms with Crippen LogP contribution in [0.2, 0.25) is 0 Å². The molecule has 0 aromatic rings. The molecule has 0 aliphatic rings. The molecule has 4 unspecified atom stereocenters. The molecule has 0 rings (SSSR count). The van der Waals surface area contributed by atoms with Gasteiger partial charge in [0.2, 0.25) is 0 Å². The number of hydrogen-bond donors (Lipinski definition) is 0. The molecule has 0 nitrogen and oxygen atoms in total. The minimum absolute atomic E-state index is 0. The fourth-order valence-corrected chi connectivity index (χ4v) is 0. The Bertz CT molecular complexity index is 140. The van der Waals surface area contributed by atoms with E-state index in [1.165, 1.54) is 0 Å². The van der Waals surface area contributed by atoms with Crippen LogP contribution in [0.15, 0.2) is 0 Å². The van der Waals surface area contributed by atoms with Gasteiger partial charge < -0.3 is 69.1 Å². The highest BCUT2D eigenvalue weighted by Gasteiger charge is 2.21. The lowest BCUT2D eigenvalue weighted by Gasteiger charge is -1.94. The molecule has 0 heterocycles. The van der Waals surface area contributed by atoms with Gasteiger partial charge in [-0.3, -0.25) is 0 Å². The first-order valence-corrected chi connectivity index (χ1v) is 3.49. The number of halogens is 16. The molecule has 0 bridgehead atoms. The molecule has 0 aromatic heterocycles. The molecular formula is H16B4F16P4. The summed E-state index contributed by atoms with van der Waals surface area (Å²) < 4.78 is 156. The maximum absolute atomic E-state index is 9.75. The van der Waals surface area contributed by atoms with Crippen LogP contribution < -0.4 is 0 Å². The molecule has 0 spiro atoms. The number of hydrogen-bond acceptors (Lipinski definition) is 0. The molecule has 0 aromatic carbocycles. The van der Waals surface area contributed by atoms with Crippen LogP contribution in [0, 0.1) is 0 Å². The van der Waals surface area contributed by atoms with E-state index in [1.54, 1.807) is 0 Å². The van der Waals surface area contributed by atoms with Crippen LogP contribution in [0.1, 0.15) is 0 Å². The molecule has 24 heavy (non-hydrogen) atoms. The van der Waals surface area contributed by atoms with Crippen LogP contribution in [0.25, 0.3) is 0 Å². The Balaban J connectivity index is -0.0000000225. The fraction of sp³-hybridized carbons (Fsp3) is 0. The third-order valence-electron chi connectivity index (χ3n) is 0. The molecule has 4 atom stereocenters. The van der Waals surface area contributed by atoms with Crippen molar-refractivity contribution in [1.29, 1.82) is 0 Å². The Morgan fingerprint density at radius 1 is 0.208 bits per heavy atom. The van der Waals surface area contributed by atoms with Gasteiger partial charge in [-0.05, 0) is 39.6 Å². The Labute approximate surface area is 138 Å². The maximum Gasteiger partial charge on any atom is 0.673 e. The van der Waals surface area contributed by atoms with Crippen molar-refractivity contribution in [2.45, 2.75) is 0 Å². The van der Waals surface area contributed by atoms with Gasteiger partial charge in [0.1, 0.15) is 0 Å². The highest BCUT2D eigenvalue weighted by molar-refractivity contribution is 6.92. The quantitative estimate of drug-likeness (QED) is 0.271. The second-order valence-corrected chi connectivity index (χ2v) is 1.98. The smallest absolute Gasteiger partial charge is 0.418 e. The molecule has 0 radical (unpaired) electrons. The summed E-state index contributed by atoms with van der Waals surface area (Å²) in [6, 6.07) is 0. The average Bonchev–Trinajstić information content (AvgIpc) is 1.62. The second kappa shape index (κ2) is 20.2. The van der Waals surface area contributed by atoms with Gasteiger partial charge >= 0.3 is 29.0 Å². The molecular weight excluding hydrogens is 471 g/mol. The standard InChI is InChI=1S/4BF4.4H3P/c4*2-1(3,4)5;;;;/h;;;;4*1H3/q4*-1;;;;/p+4. The van der Waals surface area contributed by atoms with Crippen LogP contribution in [-0.4, -0.2) is 29.0 Å². The van der Waals surface area contributed by atoms with Crippen molar-refractivity contribution in [2.75, 3.05) is 0 Å². The Morgan fingerprint density at radius 3 is 0.208 bits per heavy atom. The molecule has 0 amide bonds. The Hall–Kier alpha value is 0.860. The van der Waals surface area contributed by atoms with Crippen molar-refractivity contribution < 1.29 is 69.1 Å². The van der Waals surface area contributed by atoms with Crippen molar-refractivity contribution in [3.63, 3.8) is 0 Å². The van der Waals surface area contributed by atoms with Gasteiger partial charge in [0.15, 0.2) is 0 Å². The molecule has 0 fully saturated rings. The van der Waals surface area contributed by atoms with E-state index in [2.05, 4.69) is 0 Å². The predicted molar refractivity (Wildman–Crippen MR) is 90.7 cm³/mol. The van der Waals surface area contributed by atoms with Gasteiger partial charge in [-0.2, -0.15) is 0 Å². The SMILES string of the molecule is F[B-](F)(F)F.F[B-](F)(F)F.F[B-](F)(F)F.F[B-](F)(F)F.[PH4+].[PH4+].[PH4+].[PH4+]. The topological polar surface area (TPSA) is 0 Å². The summed E-state index contributed by atoms with van der Waals surface area (Å²) in [7, 11) is -24.0. The summed E-state index contributed by atoms with van der Waals surface area (Å²) in [5.74, 6) is 0. The highest BCUT2D eigenvalue weighted by atomic mass is 31.0. The zero-order valence-corrected chi connectivity index (χ0v) is 20.4. The van der Waals surface area contributed by atoms with Crippen LogP contribution >= 0.6 is 39.6 Å². The van der Waals surface area contributed by atoms with Gasteiger partial charge in [0.25, 0.3) is 0 Å². The van der Waals surface area contributed by atoms with Gasteiger partial charge in [-0.15, -0.1) is 0 Å². The number of rotatable bonds is 0. The zero-order chi connectivity index (χ0) is 18.0. The minimum Gasteiger partial charge on any atom is -0.418 e. The van der Waals surface area contributed by atoms with Crippen LogP contribution in [-0.2, 0) is 0 Å². The first-order chi connectivity index (χ1) is 8.00. The van der Waals surface area contributed by atoms with E-state index in [0.717, 1.165) is 0 Å². The van der Waals surface area contributed by atoms with E-state index in [0.29, 0.717) is 0 Å². The molecule has 0 saturated carbocycles. The van der Waals surface area contributed by atoms with Crippen LogP contribution in [0.4, 0.5) is 69.1 Å². The third kappa shape index (κ3) is 14800. The minimum atomic E-state index is -6.00. The molecule has 0 saturated heterocycles. The Kier molecular flexibility index (Phi) is 41.9. The second-order valence-electron chi connectivity index (χ2n) is 1.98. The van der Waals surface area contributed by atoms with E-state index >= 15 is 0 Å². The zero-order valence-electron chi connectivity index (χ0n) is 12.4. The van der Waals surface area contributed by atoms with Gasteiger partial charge in [0.05, 0.1) is 0 Å². The molecule has 24 heteroatoms. The van der Waals surface area contributed by atoms with E-state index < -0.39 is 29.0 Å². The van der Waals surface area contributed by atoms with Gasteiger partial charge in [0, 0.05) is 0 Å². The summed E-state index contributed by atoms with van der Waals surface area (Å²) in [4.78, 5) is 0. The van der Waals surface area contributed by atoms with Gasteiger partial charge in [-0.1, -0.05) is 0 Å². The van der Waals surface area contributed by atoms with Crippen molar-refractivity contribution in [1.82, 2.24) is 0 Å². The largest absolute Gasteiger partial charge is 0.673 e. The summed E-state index contributed by atoms with van der Waals surface area (Å²) in [5.41, 5.74) is 0. The van der Waals surface area contributed by atoms with E-state index in [1.807, 2.05) is 0 Å². The summed E-state index contributed by atoms with van der Waals surface area (Å²) >= 11 is 0. The Morgan fingerprint density at radius 2 is 0.208 bits per heavy atom. The van der Waals surface area contributed by atoms with E-state index in [4.69, 9.17) is 0 Å². The third-order valence-corrected chi connectivity index (χ3v) is 0. The molecule has 0 aliphatic carbocycles. The molecule has 160 valence electrons.